The summed E-state index contributed by atoms with van der Waals surface area (Å²) in [6.07, 6.45) is 0. The average Bonchev–Trinajstić information content (AvgIpc) is 2.49. The van der Waals surface area contributed by atoms with Crippen LogP contribution in [0.25, 0.3) is 22.3 Å². The summed E-state index contributed by atoms with van der Waals surface area (Å²) in [5.74, 6) is 0. The van der Waals surface area contributed by atoms with Crippen LogP contribution in [0.4, 0.5) is 0 Å². The van der Waals surface area contributed by atoms with Gasteiger partial charge in [0.1, 0.15) is 0 Å². The van der Waals surface area contributed by atoms with Gasteiger partial charge in [0.25, 0.3) is 0 Å². The van der Waals surface area contributed by atoms with Crippen molar-refractivity contribution in [3.8, 4) is 22.3 Å². The van der Waals surface area contributed by atoms with Gasteiger partial charge in [-0.2, -0.15) is 0 Å². The Hall–Kier alpha value is -2.05. The molecular weight excluding hydrogens is 264 g/mol. The van der Waals surface area contributed by atoms with Crippen molar-refractivity contribution in [2.45, 2.75) is 6.92 Å². The van der Waals surface area contributed by atoms with E-state index in [4.69, 9.17) is 11.6 Å². The topological polar surface area (TPSA) is 0 Å². The molecule has 0 aromatic heterocycles. The molecule has 0 heterocycles. The van der Waals surface area contributed by atoms with Gasteiger partial charge in [0.05, 0.1) is 0 Å². The summed E-state index contributed by atoms with van der Waals surface area (Å²) in [6, 6.07) is 25.0. The summed E-state index contributed by atoms with van der Waals surface area (Å²) in [5, 5.41) is 0.764. The Balaban J connectivity index is 2.19. The van der Waals surface area contributed by atoms with Crippen LogP contribution < -0.4 is 0 Å². The first-order valence-electron chi connectivity index (χ1n) is 6.66. The van der Waals surface area contributed by atoms with E-state index in [-0.39, 0.29) is 0 Å². The lowest BCUT2D eigenvalue weighted by molar-refractivity contribution is 1.47. The normalized spacial score (nSPS) is 10.5. The molecule has 0 unspecified atom stereocenters. The second-order valence-electron chi connectivity index (χ2n) is 4.92. The van der Waals surface area contributed by atoms with E-state index in [1.165, 1.54) is 27.8 Å². The third kappa shape index (κ3) is 2.61. The predicted octanol–water partition coefficient (Wildman–Crippen LogP) is 5.98. The van der Waals surface area contributed by atoms with Crippen molar-refractivity contribution in [1.82, 2.24) is 0 Å². The van der Waals surface area contributed by atoms with Crippen molar-refractivity contribution in [3.63, 3.8) is 0 Å². The van der Waals surface area contributed by atoms with Crippen LogP contribution >= 0.6 is 11.6 Å². The van der Waals surface area contributed by atoms with E-state index >= 15 is 0 Å². The van der Waals surface area contributed by atoms with E-state index in [9.17, 15) is 0 Å². The van der Waals surface area contributed by atoms with Gasteiger partial charge in [-0.05, 0) is 41.3 Å². The number of benzene rings is 3. The van der Waals surface area contributed by atoms with Crippen molar-refractivity contribution in [2.75, 3.05) is 0 Å². The monoisotopic (exact) mass is 278 g/mol. The first-order chi connectivity index (χ1) is 9.74. The fraction of sp³-hybridized carbons (Fsp3) is 0.0526. The Morgan fingerprint density at radius 1 is 0.650 bits per heavy atom. The van der Waals surface area contributed by atoms with Gasteiger partial charge < -0.3 is 0 Å². The minimum absolute atomic E-state index is 0.764. The second-order valence-corrected chi connectivity index (χ2v) is 5.36. The smallest absolute Gasteiger partial charge is 0.0412 e. The Morgan fingerprint density at radius 3 is 2.00 bits per heavy atom. The minimum Gasteiger partial charge on any atom is -0.0843 e. The Morgan fingerprint density at radius 2 is 1.30 bits per heavy atom. The van der Waals surface area contributed by atoms with E-state index in [0.717, 1.165) is 5.02 Å². The number of aryl methyl sites for hydroxylation is 1. The Labute approximate surface area is 124 Å². The van der Waals surface area contributed by atoms with Gasteiger partial charge in [-0.1, -0.05) is 77.8 Å². The van der Waals surface area contributed by atoms with E-state index in [2.05, 4.69) is 61.5 Å². The summed E-state index contributed by atoms with van der Waals surface area (Å²) in [6.45, 7) is 2.10. The Kier molecular flexibility index (Phi) is 3.58. The molecule has 0 spiro atoms. The van der Waals surface area contributed by atoms with Gasteiger partial charge in [0.2, 0.25) is 0 Å². The number of halogens is 1. The summed E-state index contributed by atoms with van der Waals surface area (Å²) < 4.78 is 0. The maximum atomic E-state index is 6.18. The number of hydrogen-bond acceptors (Lipinski definition) is 0. The van der Waals surface area contributed by atoms with Crippen LogP contribution in [0.2, 0.25) is 5.02 Å². The van der Waals surface area contributed by atoms with Crippen LogP contribution in [0.15, 0.2) is 72.8 Å². The van der Waals surface area contributed by atoms with Crippen molar-refractivity contribution in [2.24, 2.45) is 0 Å². The number of rotatable bonds is 2. The van der Waals surface area contributed by atoms with E-state index in [1.807, 2.05) is 18.2 Å². The van der Waals surface area contributed by atoms with Gasteiger partial charge in [0, 0.05) is 5.02 Å². The highest BCUT2D eigenvalue weighted by Gasteiger charge is 2.07. The largest absolute Gasteiger partial charge is 0.0843 e. The van der Waals surface area contributed by atoms with Crippen LogP contribution in [0.5, 0.6) is 0 Å². The molecule has 0 aliphatic rings. The lowest BCUT2D eigenvalue weighted by atomic mass is 9.94. The third-order valence-corrected chi connectivity index (χ3v) is 3.66. The van der Waals surface area contributed by atoms with Crippen molar-refractivity contribution < 1.29 is 0 Å². The van der Waals surface area contributed by atoms with E-state index < -0.39 is 0 Å². The minimum atomic E-state index is 0.764. The van der Waals surface area contributed by atoms with Gasteiger partial charge in [-0.25, -0.2) is 0 Å². The maximum Gasteiger partial charge on any atom is 0.0412 e. The first-order valence-corrected chi connectivity index (χ1v) is 7.04. The van der Waals surface area contributed by atoms with E-state index in [1.54, 1.807) is 0 Å². The van der Waals surface area contributed by atoms with Crippen LogP contribution in [-0.4, -0.2) is 0 Å². The average molecular weight is 279 g/mol. The zero-order valence-electron chi connectivity index (χ0n) is 11.3. The van der Waals surface area contributed by atoms with Crippen LogP contribution in [-0.2, 0) is 0 Å². The molecule has 0 saturated carbocycles. The molecule has 3 aromatic rings. The number of hydrogen-bond donors (Lipinski definition) is 0. The maximum absolute atomic E-state index is 6.18. The van der Waals surface area contributed by atoms with Crippen molar-refractivity contribution in [3.05, 3.63) is 83.4 Å². The zero-order chi connectivity index (χ0) is 13.9. The Bertz CT molecular complexity index is 713. The molecule has 0 bridgehead atoms. The highest BCUT2D eigenvalue weighted by Crippen LogP contribution is 2.34. The molecule has 0 radical (unpaired) electrons. The molecule has 0 aliphatic carbocycles. The van der Waals surface area contributed by atoms with E-state index in [0.29, 0.717) is 0 Å². The molecule has 98 valence electrons. The SMILES string of the molecule is Cc1ccc(-c2ccc(Cl)cc2-c2ccccc2)cc1. The molecule has 0 nitrogen and oxygen atoms in total. The third-order valence-electron chi connectivity index (χ3n) is 3.43. The fourth-order valence-corrected chi connectivity index (χ4v) is 2.53. The van der Waals surface area contributed by atoms with Crippen LogP contribution in [0.3, 0.4) is 0 Å². The van der Waals surface area contributed by atoms with Crippen molar-refractivity contribution in [1.29, 1.82) is 0 Å². The van der Waals surface area contributed by atoms with Crippen LogP contribution in [0, 0.1) is 6.92 Å². The van der Waals surface area contributed by atoms with Gasteiger partial charge in [0.15, 0.2) is 0 Å². The molecule has 0 amide bonds. The highest BCUT2D eigenvalue weighted by molar-refractivity contribution is 6.31. The fourth-order valence-electron chi connectivity index (χ4n) is 2.36. The molecule has 1 heteroatoms. The second kappa shape index (κ2) is 5.52. The first kappa shape index (κ1) is 13.0. The summed E-state index contributed by atoms with van der Waals surface area (Å²) in [4.78, 5) is 0. The summed E-state index contributed by atoms with van der Waals surface area (Å²) in [7, 11) is 0. The standard InChI is InChI=1S/C19H15Cl/c1-14-7-9-16(10-8-14)18-12-11-17(20)13-19(18)15-5-3-2-4-6-15/h2-13H,1H3. The summed E-state index contributed by atoms with van der Waals surface area (Å²) in [5.41, 5.74) is 6.04. The molecular formula is C19H15Cl. The molecule has 0 saturated heterocycles. The van der Waals surface area contributed by atoms with Crippen LogP contribution in [0.1, 0.15) is 5.56 Å². The summed E-state index contributed by atoms with van der Waals surface area (Å²) >= 11 is 6.18. The predicted molar refractivity (Wildman–Crippen MR) is 87.1 cm³/mol. The molecule has 0 aliphatic heterocycles. The highest BCUT2D eigenvalue weighted by atomic mass is 35.5. The molecule has 3 rings (SSSR count). The lowest BCUT2D eigenvalue weighted by Crippen LogP contribution is -1.85. The lowest BCUT2D eigenvalue weighted by Gasteiger charge is -2.11. The molecule has 0 atom stereocenters. The molecule has 0 N–H and O–H groups in total. The van der Waals surface area contributed by atoms with Gasteiger partial charge >= 0.3 is 0 Å². The molecule has 0 fully saturated rings. The van der Waals surface area contributed by atoms with Gasteiger partial charge in [-0.15, -0.1) is 0 Å². The quantitative estimate of drug-likeness (QED) is 0.541. The zero-order valence-corrected chi connectivity index (χ0v) is 12.1. The van der Waals surface area contributed by atoms with Gasteiger partial charge in [-0.3, -0.25) is 0 Å². The molecule has 3 aromatic carbocycles. The van der Waals surface area contributed by atoms with Crippen molar-refractivity contribution >= 4 is 11.6 Å². The molecule has 20 heavy (non-hydrogen) atoms.